The first-order valence-electron chi connectivity index (χ1n) is 5.04. The van der Waals surface area contributed by atoms with Gasteiger partial charge in [-0.15, -0.1) is 0 Å². The number of benzene rings is 1. The van der Waals surface area contributed by atoms with E-state index in [1.807, 2.05) is 22.2 Å². The van der Waals surface area contributed by atoms with Crippen LogP contribution in [0.1, 0.15) is 18.4 Å². The van der Waals surface area contributed by atoms with E-state index in [1.165, 1.54) is 0 Å². The fourth-order valence-electron chi connectivity index (χ4n) is 1.82. The zero-order chi connectivity index (χ0) is 10.7. The number of nitrogens with one attached hydrogen (secondary N) is 1. The van der Waals surface area contributed by atoms with Crippen LogP contribution in [0.15, 0.2) is 24.3 Å². The minimum atomic E-state index is 0.204. The van der Waals surface area contributed by atoms with Gasteiger partial charge in [-0.05, 0) is 12.0 Å². The molecule has 1 saturated heterocycles. The summed E-state index contributed by atoms with van der Waals surface area (Å²) in [5.74, 6) is 0.204. The van der Waals surface area contributed by atoms with E-state index >= 15 is 0 Å². The SMILES string of the molecule is O=[NH+]c1cccc(CN2CCCC2=O)c1. The molecule has 0 aliphatic carbocycles. The van der Waals surface area contributed by atoms with E-state index in [1.54, 1.807) is 12.1 Å². The first kappa shape index (κ1) is 9.83. The molecular weight excluding hydrogens is 192 g/mol. The van der Waals surface area contributed by atoms with Crippen molar-refractivity contribution in [2.24, 2.45) is 0 Å². The number of nitrogens with zero attached hydrogens (tertiary/aromatic N) is 1. The first-order valence-corrected chi connectivity index (χ1v) is 5.04. The Bertz CT molecular complexity index is 390. The maximum absolute atomic E-state index is 11.4. The first-order chi connectivity index (χ1) is 7.29. The summed E-state index contributed by atoms with van der Waals surface area (Å²) < 4.78 is 0. The van der Waals surface area contributed by atoms with E-state index < -0.39 is 0 Å². The maximum atomic E-state index is 11.4. The Morgan fingerprint density at radius 2 is 2.27 bits per heavy atom. The molecule has 1 fully saturated rings. The third-order valence-electron chi connectivity index (χ3n) is 2.59. The van der Waals surface area contributed by atoms with Crippen LogP contribution >= 0.6 is 0 Å². The summed E-state index contributed by atoms with van der Waals surface area (Å²) in [7, 11) is 0. The zero-order valence-corrected chi connectivity index (χ0v) is 8.40. The fraction of sp³-hybridized carbons (Fsp3) is 0.364. The molecule has 0 unspecified atom stereocenters. The molecule has 0 bridgehead atoms. The van der Waals surface area contributed by atoms with E-state index in [2.05, 4.69) is 0 Å². The average Bonchev–Trinajstić information content (AvgIpc) is 2.65. The smallest absolute Gasteiger partial charge is 0.253 e. The maximum Gasteiger partial charge on any atom is 0.253 e. The molecule has 1 aromatic rings. The molecule has 0 aromatic heterocycles. The van der Waals surface area contributed by atoms with Gasteiger partial charge in [0.25, 0.3) is 5.69 Å². The van der Waals surface area contributed by atoms with E-state index in [-0.39, 0.29) is 5.91 Å². The monoisotopic (exact) mass is 205 g/mol. The Morgan fingerprint density at radius 3 is 2.93 bits per heavy atom. The van der Waals surface area contributed by atoms with Gasteiger partial charge in [0, 0.05) is 41.7 Å². The molecule has 1 aromatic carbocycles. The highest BCUT2D eigenvalue weighted by molar-refractivity contribution is 5.78. The molecule has 0 atom stereocenters. The highest BCUT2D eigenvalue weighted by Gasteiger charge is 2.20. The van der Waals surface area contributed by atoms with Crippen molar-refractivity contribution in [3.8, 4) is 0 Å². The predicted molar refractivity (Wildman–Crippen MR) is 55.1 cm³/mol. The Kier molecular flexibility index (Phi) is 2.76. The van der Waals surface area contributed by atoms with Crippen LogP contribution in [0.5, 0.6) is 0 Å². The number of likely N-dealkylation sites (tertiary alicyclic amines) is 1. The van der Waals surface area contributed by atoms with E-state index in [0.29, 0.717) is 18.7 Å². The number of carbonyl (C=O) groups excluding carboxylic acids is 1. The van der Waals surface area contributed by atoms with Gasteiger partial charge in [-0.25, -0.2) is 0 Å². The lowest BCUT2D eigenvalue weighted by Crippen LogP contribution is -2.55. The van der Waals surface area contributed by atoms with Crippen LogP contribution in [0.2, 0.25) is 0 Å². The van der Waals surface area contributed by atoms with Gasteiger partial charge in [0.15, 0.2) is 0 Å². The van der Waals surface area contributed by atoms with Gasteiger partial charge in [-0.3, -0.25) is 4.79 Å². The molecule has 0 saturated carbocycles. The molecule has 1 N–H and O–H groups in total. The molecule has 15 heavy (non-hydrogen) atoms. The summed E-state index contributed by atoms with van der Waals surface area (Å²) in [5, 5.41) is 1.85. The molecule has 2 rings (SSSR count). The molecule has 0 radical (unpaired) electrons. The lowest BCUT2D eigenvalue weighted by molar-refractivity contribution is -0.379. The summed E-state index contributed by atoms with van der Waals surface area (Å²) >= 11 is 0. The van der Waals surface area contributed by atoms with Gasteiger partial charge >= 0.3 is 0 Å². The van der Waals surface area contributed by atoms with Crippen molar-refractivity contribution in [2.75, 3.05) is 6.54 Å². The molecule has 4 heteroatoms. The number of rotatable bonds is 3. The van der Waals surface area contributed by atoms with Crippen LogP contribution in [-0.2, 0) is 11.3 Å². The van der Waals surface area contributed by atoms with Gasteiger partial charge in [0.1, 0.15) is 0 Å². The van der Waals surface area contributed by atoms with Gasteiger partial charge < -0.3 is 4.90 Å². The summed E-state index contributed by atoms with van der Waals surface area (Å²) in [6.07, 6.45) is 1.60. The van der Waals surface area contributed by atoms with Crippen LogP contribution in [0.4, 0.5) is 5.69 Å². The second-order valence-corrected chi connectivity index (χ2v) is 3.72. The highest BCUT2D eigenvalue weighted by Crippen LogP contribution is 2.15. The highest BCUT2D eigenvalue weighted by atomic mass is 16.3. The Morgan fingerprint density at radius 1 is 1.40 bits per heavy atom. The minimum Gasteiger partial charge on any atom is -0.338 e. The topological polar surface area (TPSA) is 51.4 Å². The molecule has 4 nitrogen and oxygen atoms in total. The Balaban J connectivity index is 2.09. The Labute approximate surface area is 87.9 Å². The van der Waals surface area contributed by atoms with Gasteiger partial charge in [-0.1, -0.05) is 12.1 Å². The molecule has 1 aliphatic rings. The minimum absolute atomic E-state index is 0.204. The van der Waals surface area contributed by atoms with Crippen molar-refractivity contribution in [1.29, 1.82) is 0 Å². The second kappa shape index (κ2) is 4.21. The summed E-state index contributed by atoms with van der Waals surface area (Å²) in [6.45, 7) is 1.43. The van der Waals surface area contributed by atoms with Crippen molar-refractivity contribution in [1.82, 2.24) is 4.90 Å². The van der Waals surface area contributed by atoms with Crippen LogP contribution in [0, 0.1) is 4.91 Å². The second-order valence-electron chi connectivity index (χ2n) is 3.72. The van der Waals surface area contributed by atoms with Crippen LogP contribution in [0.25, 0.3) is 0 Å². The van der Waals surface area contributed by atoms with E-state index in [4.69, 9.17) is 0 Å². The predicted octanol–water partition coefficient (Wildman–Crippen LogP) is 0.287. The molecule has 1 amide bonds. The Hall–Kier alpha value is -1.71. The third kappa shape index (κ3) is 2.21. The number of carbonyl (C=O) groups is 1. The summed E-state index contributed by atoms with van der Waals surface area (Å²) in [6, 6.07) is 7.23. The number of hydrogen-bond acceptors (Lipinski definition) is 2. The fourth-order valence-corrected chi connectivity index (χ4v) is 1.82. The molecule has 1 heterocycles. The number of nitroso groups, excluding NO2 is 1. The van der Waals surface area contributed by atoms with Crippen LogP contribution in [-0.4, -0.2) is 17.4 Å². The quantitative estimate of drug-likeness (QED) is 0.771. The average molecular weight is 205 g/mol. The largest absolute Gasteiger partial charge is 0.338 e. The van der Waals surface area contributed by atoms with Crippen molar-refractivity contribution in [3.05, 3.63) is 34.7 Å². The standard InChI is InChI=1S/C11H12N2O2/c14-11-5-2-6-13(11)8-9-3-1-4-10(7-9)12-15/h1,3-4,7H,2,5-6,8H2/p+1. The van der Waals surface area contributed by atoms with Crippen LogP contribution < -0.4 is 5.18 Å². The number of hydrogen-bond donors (Lipinski definition) is 1. The van der Waals surface area contributed by atoms with Crippen molar-refractivity contribution in [3.63, 3.8) is 0 Å². The van der Waals surface area contributed by atoms with Crippen molar-refractivity contribution < 1.29 is 9.97 Å². The van der Waals surface area contributed by atoms with E-state index in [0.717, 1.165) is 18.5 Å². The molecule has 0 spiro atoms. The lowest BCUT2D eigenvalue weighted by atomic mass is 10.2. The van der Waals surface area contributed by atoms with Gasteiger partial charge in [0.05, 0.1) is 0 Å². The summed E-state index contributed by atoms with van der Waals surface area (Å²) in [5.41, 5.74) is 1.53. The van der Waals surface area contributed by atoms with Crippen molar-refractivity contribution in [2.45, 2.75) is 19.4 Å². The van der Waals surface area contributed by atoms with Crippen molar-refractivity contribution >= 4 is 11.6 Å². The van der Waals surface area contributed by atoms with E-state index in [9.17, 15) is 9.70 Å². The number of amides is 1. The van der Waals surface area contributed by atoms with Gasteiger partial charge in [-0.2, -0.15) is 0 Å². The third-order valence-corrected chi connectivity index (χ3v) is 2.59. The lowest BCUT2D eigenvalue weighted by Gasteiger charge is -2.14. The molecule has 78 valence electrons. The van der Waals surface area contributed by atoms with Gasteiger partial charge in [0.2, 0.25) is 5.91 Å². The molecule has 1 aliphatic heterocycles. The normalized spacial score (nSPS) is 15.7. The van der Waals surface area contributed by atoms with Crippen LogP contribution in [0.3, 0.4) is 0 Å². The zero-order valence-electron chi connectivity index (χ0n) is 8.40. The summed E-state index contributed by atoms with van der Waals surface area (Å²) in [4.78, 5) is 23.7. The molecular formula is C11H13N2O2+.